The van der Waals surface area contributed by atoms with Crippen LogP contribution in [0.25, 0.3) is 78.8 Å². The first-order valence-corrected chi connectivity index (χ1v) is 33.9. The predicted molar refractivity (Wildman–Crippen MR) is 365 cm³/mol. The number of carbonyl (C=O) groups excluding carboxylic acids is 3. The summed E-state index contributed by atoms with van der Waals surface area (Å²) in [4.78, 5) is 90.7. The van der Waals surface area contributed by atoms with Gasteiger partial charge in [0.05, 0.1) is 31.3 Å². The number of Topliss-reactive ketones (excluding diaryl/α,β-unsaturated/α-hetero) is 1. The lowest BCUT2D eigenvalue weighted by molar-refractivity contribution is -0.140. The van der Waals surface area contributed by atoms with Crippen molar-refractivity contribution in [3.8, 4) is 60.6 Å². The zero-order valence-corrected chi connectivity index (χ0v) is 53.1. The van der Waals surface area contributed by atoms with Crippen molar-refractivity contribution in [1.82, 2.24) is 9.80 Å². The summed E-state index contributed by atoms with van der Waals surface area (Å²) in [6, 6.07) is 50.1. The summed E-state index contributed by atoms with van der Waals surface area (Å²) in [5, 5.41) is 27.8. The van der Waals surface area contributed by atoms with Gasteiger partial charge in [-0.3, -0.25) is 38.6 Å². The lowest BCUT2D eigenvalue weighted by Crippen LogP contribution is -2.33. The molecule has 9 heterocycles. The molecule has 0 aliphatic carbocycles. The second-order valence-electron chi connectivity index (χ2n) is 18.8. The van der Waals surface area contributed by atoms with Crippen molar-refractivity contribution >= 4 is 224 Å². The lowest BCUT2D eigenvalue weighted by Gasteiger charge is -2.26. The molecular formula is C61H37N3O9S12. The molecule has 422 valence electrons. The summed E-state index contributed by atoms with van der Waals surface area (Å²) in [6.45, 7) is -0.946. The topological polar surface area (TPSA) is 173 Å². The molecule has 3 aliphatic heterocycles. The van der Waals surface area contributed by atoms with Crippen molar-refractivity contribution in [2.24, 2.45) is 5.92 Å². The molecule has 3 N–H and O–H groups in total. The van der Waals surface area contributed by atoms with Crippen LogP contribution >= 0.6 is 140 Å². The second-order valence-corrected chi connectivity index (χ2v) is 30.6. The van der Waals surface area contributed by atoms with E-state index in [4.69, 9.17) is 36.7 Å². The van der Waals surface area contributed by atoms with Gasteiger partial charge in [0.1, 0.15) is 21.7 Å². The van der Waals surface area contributed by atoms with E-state index in [9.17, 15) is 44.1 Å². The average Bonchev–Trinajstić information content (AvgIpc) is 3.83. The molecule has 0 radical (unpaired) electrons. The van der Waals surface area contributed by atoms with E-state index in [1.54, 1.807) is 86.2 Å². The number of anilines is 3. The zero-order chi connectivity index (χ0) is 59.2. The third-order valence-corrected chi connectivity index (χ3v) is 24.6. The molecule has 12 rings (SSSR count). The van der Waals surface area contributed by atoms with Gasteiger partial charge >= 0.3 is 17.9 Å². The van der Waals surface area contributed by atoms with Crippen LogP contribution in [0.1, 0.15) is 21.1 Å². The molecule has 0 saturated carbocycles. The molecular weight excluding hydrogens is 1300 g/mol. The maximum atomic E-state index is 13.0. The summed E-state index contributed by atoms with van der Waals surface area (Å²) in [5.74, 6) is -5.15. The van der Waals surface area contributed by atoms with Crippen molar-refractivity contribution in [2.45, 2.75) is 6.42 Å². The van der Waals surface area contributed by atoms with Crippen molar-refractivity contribution in [3.05, 3.63) is 175 Å². The van der Waals surface area contributed by atoms with E-state index in [1.165, 1.54) is 11.8 Å². The Morgan fingerprint density at radius 1 is 0.412 bits per heavy atom. The first-order valence-electron chi connectivity index (χ1n) is 25.3. The van der Waals surface area contributed by atoms with E-state index >= 15 is 0 Å². The molecule has 2 amide bonds. The number of aliphatic carboxylic acids is 3. The maximum Gasteiger partial charge on any atom is 0.323 e. The van der Waals surface area contributed by atoms with E-state index in [-0.39, 0.29) is 20.8 Å². The largest absolute Gasteiger partial charge is 0.481 e. The number of thiophene rings is 6. The zero-order valence-electron chi connectivity index (χ0n) is 43.3. The van der Waals surface area contributed by atoms with Gasteiger partial charge in [-0.05, 0) is 144 Å². The average molecular weight is 1340 g/mol. The number of carboxylic acids is 3. The second kappa shape index (κ2) is 24.9. The fourth-order valence-corrected chi connectivity index (χ4v) is 19.5. The van der Waals surface area contributed by atoms with Crippen molar-refractivity contribution in [1.29, 1.82) is 0 Å². The summed E-state index contributed by atoms with van der Waals surface area (Å²) in [6.07, 6.45) is 5.02. The predicted octanol–water partition coefficient (Wildman–Crippen LogP) is 17.2. The van der Waals surface area contributed by atoms with Crippen LogP contribution in [0.5, 0.6) is 0 Å². The Labute approximate surface area is 538 Å². The van der Waals surface area contributed by atoms with Crippen molar-refractivity contribution in [3.63, 3.8) is 0 Å². The van der Waals surface area contributed by atoms with Crippen LogP contribution in [-0.4, -0.2) is 86.6 Å². The Balaban J connectivity index is 0.790. The number of allylic oxidation sites excluding steroid dienone is 1. The van der Waals surface area contributed by atoms with Crippen LogP contribution in [0.2, 0.25) is 0 Å². The maximum absolute atomic E-state index is 13.0. The molecule has 3 aromatic carbocycles. The van der Waals surface area contributed by atoms with E-state index in [0.717, 1.165) is 126 Å². The molecule has 1 atom stereocenters. The fraction of sp³-hybridized carbons (Fsp3) is 0.0656. The van der Waals surface area contributed by atoms with Crippen LogP contribution in [0, 0.1) is 5.92 Å². The standard InChI is InChI=1S/C61H37N3O9S12/c65-53(66)28-40-56(71)50(83-59(40)74)25-37-13-16-44(77-37)47-22-19-41(80-47)31-1-7-34(8-2-31)64(35-9-3-32(4-10-35)42-20-23-48(81-42)45-17-14-38(78-45)26-51-57(72)62(29-54(67)68)60(75)84-51)36-11-5-33(6-12-36)43-21-24-49(82-43)46-18-15-39(79-46)27-52-58(73)63(30-55(69)70)61(76)85-52/h1-27,40H,28-30H2,(H,65,66)(H,67,68)(H,69,70)/b50-25+,51-26-,52-27+. The minimum atomic E-state index is -1.13. The number of rotatable bonds is 18. The number of hydrogen-bond acceptors (Lipinski definition) is 19. The summed E-state index contributed by atoms with van der Waals surface area (Å²) in [5.41, 5.74) is 6.00. The Hall–Kier alpha value is -6.78. The first kappa shape index (κ1) is 58.6. The van der Waals surface area contributed by atoms with Crippen LogP contribution in [0.3, 0.4) is 0 Å². The van der Waals surface area contributed by atoms with Gasteiger partial charge in [-0.2, -0.15) is 0 Å². The highest BCUT2D eigenvalue weighted by molar-refractivity contribution is 8.27. The molecule has 24 heteroatoms. The van der Waals surface area contributed by atoms with Crippen LogP contribution < -0.4 is 4.90 Å². The minimum absolute atomic E-state index is 0.227. The summed E-state index contributed by atoms with van der Waals surface area (Å²) in [7, 11) is 0. The van der Waals surface area contributed by atoms with Gasteiger partial charge in [-0.15, -0.1) is 68.0 Å². The smallest absolute Gasteiger partial charge is 0.323 e. The lowest BCUT2D eigenvalue weighted by atomic mass is 10.0. The molecule has 3 fully saturated rings. The quantitative estimate of drug-likeness (QED) is 0.0546. The third kappa shape index (κ3) is 12.7. The number of carbonyl (C=O) groups is 6. The number of benzene rings is 3. The minimum Gasteiger partial charge on any atom is -0.481 e. The van der Waals surface area contributed by atoms with E-state index in [1.807, 2.05) is 36.4 Å². The summed E-state index contributed by atoms with van der Waals surface area (Å²) < 4.78 is 0.846. The molecule has 1 unspecified atom stereocenters. The Kier molecular flexibility index (Phi) is 17.2. The number of ketones is 1. The monoisotopic (exact) mass is 1340 g/mol. The number of amides is 2. The highest BCUT2D eigenvalue weighted by Crippen LogP contribution is 2.46. The normalized spacial score (nSPS) is 16.8. The molecule has 0 spiro atoms. The fourth-order valence-electron chi connectivity index (χ4n) is 9.23. The number of nitrogens with zero attached hydrogens (tertiary/aromatic N) is 3. The molecule has 0 bridgehead atoms. The van der Waals surface area contributed by atoms with Gasteiger partial charge in [0, 0.05) is 75.6 Å². The van der Waals surface area contributed by atoms with Gasteiger partial charge < -0.3 is 20.2 Å². The molecule has 9 aromatic rings. The Bertz CT molecular complexity index is 3910. The van der Waals surface area contributed by atoms with Crippen molar-refractivity contribution in [2.75, 3.05) is 18.0 Å². The van der Waals surface area contributed by atoms with Gasteiger partial charge in [-0.1, -0.05) is 108 Å². The molecule has 12 nitrogen and oxygen atoms in total. The van der Waals surface area contributed by atoms with Crippen LogP contribution in [0.15, 0.2) is 160 Å². The first-order chi connectivity index (χ1) is 41.0. The Morgan fingerprint density at radius 3 is 1.07 bits per heavy atom. The highest BCUT2D eigenvalue weighted by atomic mass is 32.2. The summed E-state index contributed by atoms with van der Waals surface area (Å²) >= 11 is 29.0. The van der Waals surface area contributed by atoms with E-state index in [0.29, 0.717) is 18.9 Å². The molecule has 6 aromatic heterocycles. The number of carboxylic acid groups (broad SMARTS) is 3. The van der Waals surface area contributed by atoms with Crippen molar-refractivity contribution < 1.29 is 44.1 Å². The van der Waals surface area contributed by atoms with Crippen LogP contribution in [-0.2, 0) is 28.8 Å². The SMILES string of the molecule is O=C(O)CC1C(=O)/C(=C\c2ccc(-c3ccc(-c4ccc(N(c5ccc(-c6ccc(-c7ccc(/C=C8\SC(=S)N(CC(=O)O)C8=O)s7)s6)cc5)c5ccc(-c6ccc(-c7ccc(/C=C8/SC(=S)N(CC(=O)O)C8=O)s7)s6)cc5)cc4)s3)s2)SC1=S. The van der Waals surface area contributed by atoms with Gasteiger partial charge in [-0.25, -0.2) is 0 Å². The van der Waals surface area contributed by atoms with E-state index < -0.39 is 48.7 Å². The van der Waals surface area contributed by atoms with Crippen LogP contribution in [0.4, 0.5) is 17.1 Å². The number of hydrogen-bond donors (Lipinski definition) is 3. The molecule has 3 saturated heterocycles. The van der Waals surface area contributed by atoms with Gasteiger partial charge in [0.25, 0.3) is 11.8 Å². The number of thiocarbonyl (C=S) groups is 3. The van der Waals surface area contributed by atoms with Gasteiger partial charge in [0.2, 0.25) is 0 Å². The molecule has 3 aliphatic rings. The van der Waals surface area contributed by atoms with E-state index in [2.05, 4.69) is 114 Å². The van der Waals surface area contributed by atoms with Gasteiger partial charge in [0.15, 0.2) is 5.78 Å². The third-order valence-electron chi connectivity index (χ3n) is 13.2. The molecule has 85 heavy (non-hydrogen) atoms. The highest BCUT2D eigenvalue weighted by Gasteiger charge is 2.37. The number of thioether (sulfide) groups is 3. The Morgan fingerprint density at radius 2 is 0.729 bits per heavy atom.